The minimum atomic E-state index is -0.104. The number of ether oxygens (including phenoxy) is 1. The maximum absolute atomic E-state index is 12.8. The van der Waals surface area contributed by atoms with E-state index in [0.29, 0.717) is 19.0 Å². The highest BCUT2D eigenvalue weighted by Gasteiger charge is 2.29. The zero-order valence-corrected chi connectivity index (χ0v) is 16.9. The van der Waals surface area contributed by atoms with Crippen LogP contribution in [0, 0.1) is 12.8 Å². The predicted molar refractivity (Wildman–Crippen MR) is 115 cm³/mol. The van der Waals surface area contributed by atoms with Crippen LogP contribution in [0.1, 0.15) is 25.3 Å². The Labute approximate surface area is 170 Å². The second kappa shape index (κ2) is 8.47. The lowest BCUT2D eigenvalue weighted by Crippen LogP contribution is -2.41. The highest BCUT2D eigenvalue weighted by Crippen LogP contribution is 2.31. The zero-order valence-electron chi connectivity index (χ0n) is 16.9. The molecule has 1 aromatic heterocycles. The highest BCUT2D eigenvalue weighted by atomic mass is 16.5. The van der Waals surface area contributed by atoms with Crippen LogP contribution in [0.2, 0.25) is 0 Å². The molecule has 0 unspecified atom stereocenters. The standard InChI is InChI=1S/C23H26N4O2/c1-3-29-23-21(25-19-8-4-5-9-20(19)26-23)27-14-6-7-17(15-27)22(28)24-18-12-10-16(2)11-13-18/h4-5,8-13,17H,3,6-7,14-15H2,1-2H3,(H,24,28)/t17-/m0/s1. The Morgan fingerprint density at radius 3 is 2.59 bits per heavy atom. The van der Waals surface area contributed by atoms with Gasteiger partial charge in [-0.15, -0.1) is 0 Å². The molecule has 0 spiro atoms. The summed E-state index contributed by atoms with van der Waals surface area (Å²) in [6.07, 6.45) is 1.78. The van der Waals surface area contributed by atoms with E-state index in [9.17, 15) is 4.79 Å². The molecule has 3 aromatic rings. The van der Waals surface area contributed by atoms with Gasteiger partial charge in [-0.1, -0.05) is 29.8 Å². The maximum Gasteiger partial charge on any atom is 0.258 e. The number of benzene rings is 2. The number of rotatable bonds is 5. The summed E-state index contributed by atoms with van der Waals surface area (Å²) < 4.78 is 5.79. The molecule has 6 heteroatoms. The summed E-state index contributed by atoms with van der Waals surface area (Å²) in [6, 6.07) is 15.7. The maximum atomic E-state index is 12.8. The van der Waals surface area contributed by atoms with E-state index in [1.54, 1.807) is 0 Å². The molecular weight excluding hydrogens is 364 g/mol. The lowest BCUT2D eigenvalue weighted by molar-refractivity contribution is -0.120. The quantitative estimate of drug-likeness (QED) is 0.707. The molecule has 2 aromatic carbocycles. The number of hydrogen-bond donors (Lipinski definition) is 1. The number of aryl methyl sites for hydroxylation is 1. The van der Waals surface area contributed by atoms with Gasteiger partial charge in [-0.05, 0) is 51.0 Å². The highest BCUT2D eigenvalue weighted by molar-refractivity contribution is 5.93. The molecule has 0 radical (unpaired) electrons. The van der Waals surface area contributed by atoms with E-state index in [2.05, 4.69) is 15.2 Å². The molecule has 1 aliphatic rings. The molecule has 6 nitrogen and oxygen atoms in total. The fourth-order valence-electron chi connectivity index (χ4n) is 3.68. The Kier molecular flexibility index (Phi) is 5.60. The third kappa shape index (κ3) is 4.31. The number of hydrogen-bond acceptors (Lipinski definition) is 5. The van der Waals surface area contributed by atoms with Gasteiger partial charge in [0, 0.05) is 18.8 Å². The van der Waals surface area contributed by atoms with Crippen molar-refractivity contribution < 1.29 is 9.53 Å². The Morgan fingerprint density at radius 1 is 1.14 bits per heavy atom. The van der Waals surface area contributed by atoms with Gasteiger partial charge in [0.25, 0.3) is 5.88 Å². The van der Waals surface area contributed by atoms with Gasteiger partial charge < -0.3 is 15.0 Å². The van der Waals surface area contributed by atoms with E-state index in [1.165, 1.54) is 5.56 Å². The summed E-state index contributed by atoms with van der Waals surface area (Å²) in [6.45, 7) is 5.93. The van der Waals surface area contributed by atoms with Gasteiger partial charge in [0.05, 0.1) is 23.6 Å². The molecule has 4 rings (SSSR count). The number of nitrogens with zero attached hydrogens (tertiary/aromatic N) is 3. The molecule has 1 saturated heterocycles. The first kappa shape index (κ1) is 19.2. The summed E-state index contributed by atoms with van der Waals surface area (Å²) in [5.74, 6) is 1.20. The molecule has 1 N–H and O–H groups in total. The molecule has 0 aliphatic carbocycles. The van der Waals surface area contributed by atoms with Crippen LogP contribution in [0.3, 0.4) is 0 Å². The number of fused-ring (bicyclic) bond motifs is 1. The van der Waals surface area contributed by atoms with Gasteiger partial charge in [-0.3, -0.25) is 4.79 Å². The number of piperidine rings is 1. The number of para-hydroxylation sites is 2. The number of aromatic nitrogens is 2. The average molecular weight is 390 g/mol. The first-order valence-corrected chi connectivity index (χ1v) is 10.2. The summed E-state index contributed by atoms with van der Waals surface area (Å²) in [7, 11) is 0. The fourth-order valence-corrected chi connectivity index (χ4v) is 3.68. The SMILES string of the molecule is CCOc1nc2ccccc2nc1N1CCC[C@H](C(=O)Nc2ccc(C)cc2)C1. The number of amides is 1. The van der Waals surface area contributed by atoms with Crippen LogP contribution in [0.5, 0.6) is 5.88 Å². The molecule has 2 heterocycles. The van der Waals surface area contributed by atoms with E-state index >= 15 is 0 Å². The van der Waals surface area contributed by atoms with Crippen LogP contribution in [0.15, 0.2) is 48.5 Å². The lowest BCUT2D eigenvalue weighted by Gasteiger charge is -2.33. The molecular formula is C23H26N4O2. The van der Waals surface area contributed by atoms with Crippen molar-refractivity contribution in [1.29, 1.82) is 0 Å². The summed E-state index contributed by atoms with van der Waals surface area (Å²) in [5, 5.41) is 3.05. The predicted octanol–water partition coefficient (Wildman–Crippen LogP) is 4.19. The van der Waals surface area contributed by atoms with E-state index in [0.717, 1.165) is 41.9 Å². The first-order valence-electron chi connectivity index (χ1n) is 10.2. The second-order valence-electron chi connectivity index (χ2n) is 7.41. The van der Waals surface area contributed by atoms with Crippen LogP contribution in [-0.4, -0.2) is 35.6 Å². The molecule has 29 heavy (non-hydrogen) atoms. The van der Waals surface area contributed by atoms with Gasteiger partial charge in [0.2, 0.25) is 5.91 Å². The smallest absolute Gasteiger partial charge is 0.258 e. The molecule has 0 bridgehead atoms. The number of nitrogens with one attached hydrogen (secondary N) is 1. The Balaban J connectivity index is 1.55. The van der Waals surface area contributed by atoms with Gasteiger partial charge in [-0.2, -0.15) is 0 Å². The minimum Gasteiger partial charge on any atom is -0.475 e. The Hall–Kier alpha value is -3.15. The number of anilines is 2. The van der Waals surface area contributed by atoms with Crippen molar-refractivity contribution in [2.75, 3.05) is 29.9 Å². The summed E-state index contributed by atoms with van der Waals surface area (Å²) in [5.41, 5.74) is 3.64. The molecule has 0 saturated carbocycles. The lowest BCUT2D eigenvalue weighted by atomic mass is 9.97. The first-order chi connectivity index (χ1) is 14.1. The summed E-state index contributed by atoms with van der Waals surface area (Å²) in [4.78, 5) is 24.5. The van der Waals surface area contributed by atoms with E-state index in [-0.39, 0.29) is 11.8 Å². The summed E-state index contributed by atoms with van der Waals surface area (Å²) >= 11 is 0. The third-order valence-corrected chi connectivity index (χ3v) is 5.21. The monoisotopic (exact) mass is 390 g/mol. The van der Waals surface area contributed by atoms with Gasteiger partial charge in [0.15, 0.2) is 5.82 Å². The minimum absolute atomic E-state index is 0.0465. The molecule has 1 atom stereocenters. The van der Waals surface area contributed by atoms with Crippen LogP contribution >= 0.6 is 0 Å². The van der Waals surface area contributed by atoms with E-state index in [1.807, 2.05) is 62.4 Å². The Bertz CT molecular complexity index is 1000. The molecule has 1 amide bonds. The van der Waals surface area contributed by atoms with Gasteiger partial charge in [-0.25, -0.2) is 9.97 Å². The van der Waals surface area contributed by atoms with Crippen molar-refractivity contribution in [2.45, 2.75) is 26.7 Å². The number of carbonyl (C=O) groups is 1. The van der Waals surface area contributed by atoms with E-state index in [4.69, 9.17) is 9.72 Å². The van der Waals surface area contributed by atoms with Gasteiger partial charge in [0.1, 0.15) is 0 Å². The van der Waals surface area contributed by atoms with Gasteiger partial charge >= 0.3 is 0 Å². The Morgan fingerprint density at radius 2 is 1.86 bits per heavy atom. The van der Waals surface area contributed by atoms with Crippen molar-refractivity contribution in [3.05, 3.63) is 54.1 Å². The fraction of sp³-hybridized carbons (Fsp3) is 0.348. The number of carbonyl (C=O) groups excluding carboxylic acids is 1. The molecule has 150 valence electrons. The van der Waals surface area contributed by atoms with Crippen LogP contribution in [0.4, 0.5) is 11.5 Å². The van der Waals surface area contributed by atoms with Crippen LogP contribution < -0.4 is 15.0 Å². The average Bonchev–Trinajstić information content (AvgIpc) is 2.75. The second-order valence-corrected chi connectivity index (χ2v) is 7.41. The molecule has 1 aliphatic heterocycles. The van der Waals surface area contributed by atoms with Crippen molar-refractivity contribution in [3.63, 3.8) is 0 Å². The van der Waals surface area contributed by atoms with Crippen molar-refractivity contribution >= 4 is 28.4 Å². The van der Waals surface area contributed by atoms with E-state index < -0.39 is 0 Å². The van der Waals surface area contributed by atoms with Crippen molar-refractivity contribution in [3.8, 4) is 5.88 Å². The zero-order chi connectivity index (χ0) is 20.2. The third-order valence-electron chi connectivity index (χ3n) is 5.21. The van der Waals surface area contributed by atoms with Crippen LogP contribution in [-0.2, 0) is 4.79 Å². The van der Waals surface area contributed by atoms with Crippen LogP contribution in [0.25, 0.3) is 11.0 Å². The van der Waals surface area contributed by atoms with Crippen molar-refractivity contribution in [1.82, 2.24) is 9.97 Å². The molecule has 1 fully saturated rings. The topological polar surface area (TPSA) is 67.4 Å². The van der Waals surface area contributed by atoms with Crippen molar-refractivity contribution in [2.24, 2.45) is 5.92 Å². The largest absolute Gasteiger partial charge is 0.475 e. The normalized spacial score (nSPS) is 16.6.